The summed E-state index contributed by atoms with van der Waals surface area (Å²) < 4.78 is 29.5. The van der Waals surface area contributed by atoms with Crippen molar-refractivity contribution in [3.63, 3.8) is 0 Å². The van der Waals surface area contributed by atoms with Gasteiger partial charge in [0.25, 0.3) is 5.91 Å². The highest BCUT2D eigenvalue weighted by Gasteiger charge is 2.46. The summed E-state index contributed by atoms with van der Waals surface area (Å²) in [4.78, 5) is 16.7. The third-order valence-corrected chi connectivity index (χ3v) is 6.39. The largest absolute Gasteiger partial charge is 0.393 e. The fourth-order valence-corrected chi connectivity index (χ4v) is 4.67. The van der Waals surface area contributed by atoms with Crippen LogP contribution in [0.2, 0.25) is 0 Å². The van der Waals surface area contributed by atoms with Crippen molar-refractivity contribution in [1.82, 2.24) is 4.98 Å². The zero-order chi connectivity index (χ0) is 23.0. The van der Waals surface area contributed by atoms with Gasteiger partial charge in [0.2, 0.25) is 0 Å². The molecule has 1 aliphatic carbocycles. The first kappa shape index (κ1) is 21.9. The fraction of sp³-hybridized carbons (Fsp3) is 0.261. The van der Waals surface area contributed by atoms with Crippen LogP contribution < -0.4 is 11.1 Å². The summed E-state index contributed by atoms with van der Waals surface area (Å²) in [6.45, 7) is 1.53. The summed E-state index contributed by atoms with van der Waals surface area (Å²) in [6, 6.07) is 11.2. The Bertz CT molecular complexity index is 1220. The first-order valence-corrected chi connectivity index (χ1v) is 10.8. The standard InChI is InChI=1S/C23H20F2N4O2S/c1-12(30)7-13-8-15(24)20(16(25)9-13)17-10-14(21(27)31)22(32-17)29-19-4-2-3-18(28-19)23(11-26)5-6-23/h2-4,8-10,12,30H,5-7H2,1H3,(H2,27,31)(H,28,29). The summed E-state index contributed by atoms with van der Waals surface area (Å²) >= 11 is 0.972. The topological polar surface area (TPSA) is 112 Å². The van der Waals surface area contributed by atoms with E-state index in [4.69, 9.17) is 5.73 Å². The zero-order valence-corrected chi connectivity index (χ0v) is 18.0. The van der Waals surface area contributed by atoms with E-state index < -0.39 is 29.1 Å². The minimum atomic E-state index is -0.797. The van der Waals surface area contributed by atoms with Crippen LogP contribution in [0.3, 0.4) is 0 Å². The van der Waals surface area contributed by atoms with Crippen molar-refractivity contribution in [3.8, 4) is 16.5 Å². The van der Waals surface area contributed by atoms with Crippen LogP contribution >= 0.6 is 11.3 Å². The molecule has 1 aliphatic rings. The summed E-state index contributed by atoms with van der Waals surface area (Å²) in [6.07, 6.45) is 0.848. The third-order valence-electron chi connectivity index (χ3n) is 5.32. The third kappa shape index (κ3) is 4.20. The molecule has 2 aromatic heterocycles. The van der Waals surface area contributed by atoms with Crippen LogP contribution in [-0.4, -0.2) is 22.1 Å². The van der Waals surface area contributed by atoms with E-state index in [9.17, 15) is 23.9 Å². The maximum atomic E-state index is 14.8. The number of nitrogens with one attached hydrogen (secondary N) is 1. The lowest BCUT2D eigenvalue weighted by molar-refractivity contribution is 0.100. The molecule has 0 bridgehead atoms. The van der Waals surface area contributed by atoms with Gasteiger partial charge in [-0.1, -0.05) is 6.07 Å². The molecule has 6 nitrogen and oxygen atoms in total. The molecule has 0 radical (unpaired) electrons. The maximum absolute atomic E-state index is 14.8. The molecule has 0 saturated heterocycles. The van der Waals surface area contributed by atoms with Crippen LogP contribution in [-0.2, 0) is 11.8 Å². The summed E-state index contributed by atoms with van der Waals surface area (Å²) in [5.74, 6) is -1.95. The number of primary amides is 1. The van der Waals surface area contributed by atoms with Gasteiger partial charge >= 0.3 is 0 Å². The lowest BCUT2D eigenvalue weighted by Gasteiger charge is -2.09. The van der Waals surface area contributed by atoms with Crippen molar-refractivity contribution in [2.24, 2.45) is 5.73 Å². The molecule has 1 fully saturated rings. The molecule has 4 N–H and O–H groups in total. The Labute approximate surface area is 187 Å². The van der Waals surface area contributed by atoms with E-state index >= 15 is 0 Å². The molecule has 1 aromatic carbocycles. The smallest absolute Gasteiger partial charge is 0.251 e. The predicted molar refractivity (Wildman–Crippen MR) is 118 cm³/mol. The number of amides is 1. The Hall–Kier alpha value is -3.35. The SMILES string of the molecule is CC(O)Cc1cc(F)c(-c2cc(C(N)=O)c(Nc3cccc(C4(C#N)CC4)n3)s2)c(F)c1. The van der Waals surface area contributed by atoms with Gasteiger partial charge in [-0.3, -0.25) is 4.79 Å². The van der Waals surface area contributed by atoms with Gasteiger partial charge < -0.3 is 16.2 Å². The Morgan fingerprint density at radius 2 is 2.03 bits per heavy atom. The number of pyridine rings is 1. The molecule has 0 spiro atoms. The molecular weight excluding hydrogens is 434 g/mol. The van der Waals surface area contributed by atoms with Crippen molar-refractivity contribution in [2.45, 2.75) is 37.7 Å². The van der Waals surface area contributed by atoms with E-state index in [1.54, 1.807) is 18.2 Å². The van der Waals surface area contributed by atoms with Gasteiger partial charge in [-0.25, -0.2) is 13.8 Å². The Balaban J connectivity index is 1.70. The molecule has 0 aliphatic heterocycles. The molecule has 1 amide bonds. The number of aliphatic hydroxyl groups is 1. The monoisotopic (exact) mass is 454 g/mol. The maximum Gasteiger partial charge on any atom is 0.251 e. The van der Waals surface area contributed by atoms with E-state index in [1.165, 1.54) is 25.1 Å². The van der Waals surface area contributed by atoms with E-state index in [0.717, 1.165) is 24.2 Å². The number of halogens is 2. The molecule has 1 unspecified atom stereocenters. The second-order valence-electron chi connectivity index (χ2n) is 7.93. The van der Waals surface area contributed by atoms with Crippen molar-refractivity contribution in [1.29, 1.82) is 5.26 Å². The molecular formula is C23H20F2N4O2S. The average molecular weight is 455 g/mol. The highest BCUT2D eigenvalue weighted by atomic mass is 32.1. The zero-order valence-electron chi connectivity index (χ0n) is 17.2. The summed E-state index contributed by atoms with van der Waals surface area (Å²) in [7, 11) is 0. The number of rotatable bonds is 7. The number of carbonyl (C=O) groups is 1. The summed E-state index contributed by atoms with van der Waals surface area (Å²) in [5, 5.41) is 22.2. The van der Waals surface area contributed by atoms with Gasteiger partial charge in [0, 0.05) is 4.88 Å². The first-order chi connectivity index (χ1) is 15.2. The molecule has 4 rings (SSSR count). The number of hydrogen-bond donors (Lipinski definition) is 3. The Kier molecular flexibility index (Phi) is 5.67. The molecule has 1 atom stereocenters. The van der Waals surface area contributed by atoms with Gasteiger partial charge in [-0.15, -0.1) is 11.3 Å². The average Bonchev–Trinajstić information content (AvgIpc) is 3.42. The molecule has 9 heteroatoms. The number of aliphatic hydroxyl groups excluding tert-OH is 1. The van der Waals surface area contributed by atoms with Crippen LogP contribution in [0.4, 0.5) is 19.6 Å². The lowest BCUT2D eigenvalue weighted by atomic mass is 10.0. The number of hydrogen-bond acceptors (Lipinski definition) is 6. The highest BCUT2D eigenvalue weighted by Crippen LogP contribution is 2.47. The van der Waals surface area contributed by atoms with Crippen molar-refractivity contribution in [2.75, 3.05) is 5.32 Å². The van der Waals surface area contributed by atoms with Crippen LogP contribution in [0.1, 0.15) is 41.4 Å². The Morgan fingerprint density at radius 3 is 2.59 bits per heavy atom. The highest BCUT2D eigenvalue weighted by molar-refractivity contribution is 7.20. The predicted octanol–water partition coefficient (Wildman–Crippen LogP) is 4.41. The first-order valence-electron chi connectivity index (χ1n) is 9.98. The molecule has 3 aromatic rings. The summed E-state index contributed by atoms with van der Waals surface area (Å²) in [5.41, 5.74) is 5.68. The van der Waals surface area contributed by atoms with Gasteiger partial charge in [0.05, 0.1) is 34.4 Å². The van der Waals surface area contributed by atoms with Gasteiger partial charge in [0.1, 0.15) is 22.5 Å². The van der Waals surface area contributed by atoms with Crippen LogP contribution in [0.15, 0.2) is 36.4 Å². The number of nitrogens with zero attached hydrogens (tertiary/aromatic N) is 2. The quantitative estimate of drug-likeness (QED) is 0.490. The molecule has 164 valence electrons. The van der Waals surface area contributed by atoms with E-state index in [1.807, 2.05) is 0 Å². The number of carbonyl (C=O) groups excluding carboxylic acids is 1. The number of thiophene rings is 1. The lowest BCUT2D eigenvalue weighted by Crippen LogP contribution is -2.12. The van der Waals surface area contributed by atoms with Gasteiger partial charge in [0.15, 0.2) is 0 Å². The molecule has 2 heterocycles. The second-order valence-corrected chi connectivity index (χ2v) is 8.98. The van der Waals surface area contributed by atoms with Crippen molar-refractivity contribution in [3.05, 3.63) is 64.9 Å². The van der Waals surface area contributed by atoms with E-state index in [-0.39, 0.29) is 22.4 Å². The van der Waals surface area contributed by atoms with Crippen molar-refractivity contribution >= 4 is 28.1 Å². The number of benzene rings is 1. The second kappa shape index (κ2) is 8.30. The van der Waals surface area contributed by atoms with Crippen LogP contribution in [0, 0.1) is 23.0 Å². The van der Waals surface area contributed by atoms with Gasteiger partial charge in [-0.05, 0) is 62.1 Å². The minimum absolute atomic E-state index is 0.0745. The fourth-order valence-electron chi connectivity index (χ4n) is 3.55. The van der Waals surface area contributed by atoms with E-state index in [2.05, 4.69) is 16.4 Å². The number of aromatic nitrogens is 1. The Morgan fingerprint density at radius 1 is 1.34 bits per heavy atom. The van der Waals surface area contributed by atoms with Crippen LogP contribution in [0.5, 0.6) is 0 Å². The molecule has 1 saturated carbocycles. The van der Waals surface area contributed by atoms with Crippen LogP contribution in [0.25, 0.3) is 10.4 Å². The normalized spacial score (nSPS) is 15.1. The number of nitriles is 1. The van der Waals surface area contributed by atoms with Gasteiger partial charge in [-0.2, -0.15) is 5.26 Å². The number of nitrogens with two attached hydrogens (primary N) is 1. The number of anilines is 2. The van der Waals surface area contributed by atoms with Crippen molar-refractivity contribution < 1.29 is 18.7 Å². The minimum Gasteiger partial charge on any atom is -0.393 e. The molecule has 32 heavy (non-hydrogen) atoms. The van der Waals surface area contributed by atoms with E-state index in [0.29, 0.717) is 22.1 Å².